The minimum absolute atomic E-state index is 0.977. The predicted molar refractivity (Wildman–Crippen MR) is 40.6 cm³/mol. The Labute approximate surface area is 59.2 Å². The van der Waals surface area contributed by atoms with E-state index in [1.807, 2.05) is 0 Å². The fraction of sp³-hybridized carbons (Fsp3) is 1.00. The molecule has 0 spiro atoms. The van der Waals surface area contributed by atoms with Crippen molar-refractivity contribution in [2.45, 2.75) is 43.7 Å². The molecule has 0 rings (SSSR count). The summed E-state index contributed by atoms with van der Waals surface area (Å²) in [5.41, 5.74) is 0. The molecule has 0 aliphatic carbocycles. The average Bonchev–Trinajstić information content (AvgIpc) is 1.81. The van der Waals surface area contributed by atoms with Gasteiger partial charge in [-0.1, -0.05) is 0 Å². The average molecular weight is 179 g/mol. The van der Waals surface area contributed by atoms with Crippen molar-refractivity contribution in [3.63, 3.8) is 0 Å². The van der Waals surface area contributed by atoms with Crippen molar-refractivity contribution >= 4 is 15.0 Å². The van der Waals surface area contributed by atoms with E-state index >= 15 is 0 Å². The van der Waals surface area contributed by atoms with Gasteiger partial charge < -0.3 is 0 Å². The van der Waals surface area contributed by atoms with E-state index in [0.29, 0.717) is 0 Å². The first-order chi connectivity index (χ1) is 3.91. The second-order valence-corrected chi connectivity index (χ2v) is 4.54. The zero-order chi connectivity index (χ0) is 6.24. The SMILES string of the molecule is CCCC[Se]CCC. The summed E-state index contributed by atoms with van der Waals surface area (Å²) < 4.78 is 0. The summed E-state index contributed by atoms with van der Waals surface area (Å²) in [5, 5.41) is 3.00. The van der Waals surface area contributed by atoms with Crippen LogP contribution in [0, 0.1) is 0 Å². The molecule has 0 aromatic carbocycles. The maximum absolute atomic E-state index is 2.27. The monoisotopic (exact) mass is 180 g/mol. The molecule has 0 aromatic heterocycles. The predicted octanol–water partition coefficient (Wildman–Crippen LogP) is 2.74. The summed E-state index contributed by atoms with van der Waals surface area (Å²) in [6.07, 6.45) is 4.23. The van der Waals surface area contributed by atoms with Gasteiger partial charge in [0.25, 0.3) is 0 Å². The summed E-state index contributed by atoms with van der Waals surface area (Å²) >= 11 is 0.977. The van der Waals surface area contributed by atoms with E-state index in [0.717, 1.165) is 15.0 Å². The molecule has 0 aromatic rings. The molecule has 8 heavy (non-hydrogen) atoms. The number of unbranched alkanes of at least 4 members (excludes halogenated alkanes) is 1. The van der Waals surface area contributed by atoms with Gasteiger partial charge in [-0.15, -0.1) is 0 Å². The maximum atomic E-state index is 2.27. The van der Waals surface area contributed by atoms with Gasteiger partial charge in [0.2, 0.25) is 0 Å². The van der Waals surface area contributed by atoms with Gasteiger partial charge in [0.1, 0.15) is 0 Å². The third-order valence-corrected chi connectivity index (χ3v) is 3.66. The molecule has 50 valence electrons. The summed E-state index contributed by atoms with van der Waals surface area (Å²) in [7, 11) is 0. The van der Waals surface area contributed by atoms with Gasteiger partial charge in [-0.3, -0.25) is 0 Å². The van der Waals surface area contributed by atoms with Crippen molar-refractivity contribution in [3.8, 4) is 0 Å². The normalized spacial score (nSPS) is 9.75. The molecule has 0 fully saturated rings. The third kappa shape index (κ3) is 6.52. The van der Waals surface area contributed by atoms with Gasteiger partial charge in [-0.2, -0.15) is 0 Å². The van der Waals surface area contributed by atoms with Crippen LogP contribution in [0.2, 0.25) is 10.6 Å². The minimum atomic E-state index is 0.977. The van der Waals surface area contributed by atoms with E-state index in [1.54, 1.807) is 0 Å². The molecule has 0 saturated carbocycles. The molecule has 0 nitrogen and oxygen atoms in total. The Morgan fingerprint density at radius 3 is 2.25 bits per heavy atom. The Morgan fingerprint density at radius 2 is 1.75 bits per heavy atom. The van der Waals surface area contributed by atoms with Gasteiger partial charge in [0.05, 0.1) is 0 Å². The molecule has 0 heterocycles. The third-order valence-electron chi connectivity index (χ3n) is 0.991. The van der Waals surface area contributed by atoms with Crippen LogP contribution in [-0.4, -0.2) is 15.0 Å². The summed E-state index contributed by atoms with van der Waals surface area (Å²) in [6, 6.07) is 0. The molecule has 0 amide bonds. The van der Waals surface area contributed by atoms with Crippen LogP contribution in [0.15, 0.2) is 0 Å². The van der Waals surface area contributed by atoms with E-state index in [9.17, 15) is 0 Å². The van der Waals surface area contributed by atoms with Gasteiger partial charge in [-0.25, -0.2) is 0 Å². The Kier molecular flexibility index (Phi) is 8.01. The van der Waals surface area contributed by atoms with E-state index in [-0.39, 0.29) is 0 Å². The Balaban J connectivity index is 2.53. The van der Waals surface area contributed by atoms with Crippen LogP contribution >= 0.6 is 0 Å². The van der Waals surface area contributed by atoms with Crippen LogP contribution in [-0.2, 0) is 0 Å². The molecule has 0 saturated heterocycles. The van der Waals surface area contributed by atoms with Crippen molar-refractivity contribution in [2.75, 3.05) is 0 Å². The molecule has 0 aliphatic rings. The molecular formula is C7H16Se. The number of hydrogen-bond donors (Lipinski definition) is 0. The van der Waals surface area contributed by atoms with Gasteiger partial charge in [0.15, 0.2) is 0 Å². The second kappa shape index (κ2) is 7.52. The summed E-state index contributed by atoms with van der Waals surface area (Å²) in [5.74, 6) is 0. The number of rotatable bonds is 5. The van der Waals surface area contributed by atoms with Gasteiger partial charge in [-0.05, 0) is 0 Å². The topological polar surface area (TPSA) is 0 Å². The summed E-state index contributed by atoms with van der Waals surface area (Å²) in [4.78, 5) is 0. The molecule has 0 unspecified atom stereocenters. The fourth-order valence-electron chi connectivity index (χ4n) is 0.493. The van der Waals surface area contributed by atoms with E-state index < -0.39 is 0 Å². The second-order valence-electron chi connectivity index (χ2n) is 1.97. The van der Waals surface area contributed by atoms with Crippen LogP contribution in [0.4, 0.5) is 0 Å². The number of hydrogen-bond acceptors (Lipinski definition) is 0. The van der Waals surface area contributed by atoms with Crippen molar-refractivity contribution in [2.24, 2.45) is 0 Å². The molecule has 0 atom stereocenters. The van der Waals surface area contributed by atoms with Crippen molar-refractivity contribution < 1.29 is 0 Å². The molecule has 0 aliphatic heterocycles. The van der Waals surface area contributed by atoms with E-state index in [4.69, 9.17) is 0 Å². The first-order valence-corrected chi connectivity index (χ1v) is 5.91. The zero-order valence-electron chi connectivity index (χ0n) is 5.94. The van der Waals surface area contributed by atoms with Gasteiger partial charge in [0, 0.05) is 0 Å². The van der Waals surface area contributed by atoms with Crippen LogP contribution in [0.3, 0.4) is 0 Å². The van der Waals surface area contributed by atoms with Crippen molar-refractivity contribution in [3.05, 3.63) is 0 Å². The van der Waals surface area contributed by atoms with Crippen LogP contribution in [0.1, 0.15) is 33.1 Å². The first kappa shape index (κ1) is 8.52. The standard InChI is InChI=1S/C7H16Se/c1-3-5-7-8-6-4-2/h3-7H2,1-2H3. The Bertz CT molecular complexity index is 29.4. The Morgan fingerprint density at radius 1 is 1.00 bits per heavy atom. The van der Waals surface area contributed by atoms with Crippen molar-refractivity contribution in [1.82, 2.24) is 0 Å². The molecule has 0 bridgehead atoms. The van der Waals surface area contributed by atoms with Crippen LogP contribution < -0.4 is 0 Å². The zero-order valence-corrected chi connectivity index (χ0v) is 7.66. The summed E-state index contributed by atoms with van der Waals surface area (Å²) in [6.45, 7) is 4.54. The quantitative estimate of drug-likeness (QED) is 0.449. The van der Waals surface area contributed by atoms with E-state index in [1.165, 1.54) is 29.9 Å². The molecule has 0 radical (unpaired) electrons. The van der Waals surface area contributed by atoms with E-state index in [2.05, 4.69) is 13.8 Å². The van der Waals surface area contributed by atoms with Crippen molar-refractivity contribution in [1.29, 1.82) is 0 Å². The van der Waals surface area contributed by atoms with Gasteiger partial charge >= 0.3 is 58.7 Å². The Hall–Kier alpha value is 0.519. The first-order valence-electron chi connectivity index (χ1n) is 3.49. The fourth-order valence-corrected chi connectivity index (χ4v) is 2.56. The molecular weight excluding hydrogens is 163 g/mol. The van der Waals surface area contributed by atoms with Crippen LogP contribution in [0.5, 0.6) is 0 Å². The molecule has 1 heteroatoms. The molecule has 0 N–H and O–H groups in total. The van der Waals surface area contributed by atoms with Crippen LogP contribution in [0.25, 0.3) is 0 Å².